The second-order valence-corrected chi connectivity index (χ2v) is 2.70. The lowest BCUT2D eigenvalue weighted by atomic mass is 10.0. The monoisotopic (exact) mass is 159 g/mol. The Morgan fingerprint density at radius 3 is 2.45 bits per heavy atom. The van der Waals surface area contributed by atoms with Gasteiger partial charge in [-0.25, -0.2) is 0 Å². The predicted octanol–water partition coefficient (Wildman–Crippen LogP) is -0.402. The van der Waals surface area contributed by atoms with Gasteiger partial charge in [0, 0.05) is 7.11 Å². The van der Waals surface area contributed by atoms with Crippen molar-refractivity contribution in [2.24, 2.45) is 5.92 Å². The topological polar surface area (TPSA) is 58.6 Å². The van der Waals surface area contributed by atoms with E-state index in [0.29, 0.717) is 0 Å². The largest absolute Gasteiger partial charge is 0.480 e. The van der Waals surface area contributed by atoms with Gasteiger partial charge in [0.25, 0.3) is 0 Å². The first-order chi connectivity index (χ1) is 5.09. The first-order valence-corrected chi connectivity index (χ1v) is 3.54. The normalized spacial score (nSPS) is 13.1. The van der Waals surface area contributed by atoms with Crippen molar-refractivity contribution < 1.29 is 14.6 Å². The third-order valence-corrected chi connectivity index (χ3v) is 1.38. The van der Waals surface area contributed by atoms with E-state index in [1.807, 2.05) is 13.8 Å². The summed E-state index contributed by atoms with van der Waals surface area (Å²) < 4.78 is 4.70. The SMILES string of the molecule is COBN[C@@H](C(=O)O)C(C)C. The Hall–Kier alpha value is -0.545. The van der Waals surface area contributed by atoms with E-state index in [2.05, 4.69) is 5.23 Å². The summed E-state index contributed by atoms with van der Waals surface area (Å²) in [5.74, 6) is -0.764. The molecule has 64 valence electrons. The summed E-state index contributed by atoms with van der Waals surface area (Å²) in [5.41, 5.74) is 0. The predicted molar refractivity (Wildman–Crippen MR) is 43.6 cm³/mol. The van der Waals surface area contributed by atoms with E-state index in [-0.39, 0.29) is 13.5 Å². The van der Waals surface area contributed by atoms with Crippen molar-refractivity contribution in [3.8, 4) is 0 Å². The number of aliphatic carboxylic acids is 1. The Bertz CT molecular complexity index is 129. The van der Waals surface area contributed by atoms with Gasteiger partial charge in [-0.2, -0.15) is 0 Å². The summed E-state index contributed by atoms with van der Waals surface area (Å²) in [5, 5.41) is 11.4. The maximum Gasteiger partial charge on any atom is 0.361 e. The van der Waals surface area contributed by atoms with Crippen LogP contribution in [0.1, 0.15) is 13.8 Å². The van der Waals surface area contributed by atoms with Crippen molar-refractivity contribution in [1.29, 1.82) is 0 Å². The maximum atomic E-state index is 10.5. The molecule has 0 unspecified atom stereocenters. The highest BCUT2D eigenvalue weighted by atomic mass is 16.4. The molecule has 0 saturated carbocycles. The van der Waals surface area contributed by atoms with Crippen LogP contribution in [0.3, 0.4) is 0 Å². The lowest BCUT2D eigenvalue weighted by molar-refractivity contribution is -0.140. The van der Waals surface area contributed by atoms with Crippen LogP contribution in [0, 0.1) is 5.92 Å². The summed E-state index contributed by atoms with van der Waals surface area (Å²) in [4.78, 5) is 10.5. The molecule has 0 aromatic heterocycles. The molecule has 0 bridgehead atoms. The molecule has 0 heterocycles. The highest BCUT2D eigenvalue weighted by Gasteiger charge is 2.20. The lowest BCUT2D eigenvalue weighted by Gasteiger charge is -2.16. The number of carbonyl (C=O) groups is 1. The summed E-state index contributed by atoms with van der Waals surface area (Å²) >= 11 is 0. The molecule has 0 rings (SSSR count). The third-order valence-electron chi connectivity index (χ3n) is 1.38. The number of hydrogen-bond acceptors (Lipinski definition) is 3. The minimum atomic E-state index is -0.836. The van der Waals surface area contributed by atoms with Gasteiger partial charge >= 0.3 is 13.6 Å². The van der Waals surface area contributed by atoms with Crippen molar-refractivity contribution in [2.45, 2.75) is 19.9 Å². The third kappa shape index (κ3) is 4.00. The second kappa shape index (κ2) is 5.15. The van der Waals surface area contributed by atoms with Gasteiger partial charge in [0.1, 0.15) is 0 Å². The summed E-state index contributed by atoms with van der Waals surface area (Å²) in [6.45, 7) is 3.70. The molecule has 0 amide bonds. The first kappa shape index (κ1) is 10.5. The van der Waals surface area contributed by atoms with E-state index in [1.54, 1.807) is 0 Å². The van der Waals surface area contributed by atoms with Crippen LogP contribution >= 0.6 is 0 Å². The number of carboxylic acid groups (broad SMARTS) is 1. The van der Waals surface area contributed by atoms with Crippen LogP contribution in [0.2, 0.25) is 0 Å². The van der Waals surface area contributed by atoms with E-state index in [0.717, 1.165) is 0 Å². The summed E-state index contributed by atoms with van der Waals surface area (Å²) in [7, 11) is 1.79. The first-order valence-electron chi connectivity index (χ1n) is 3.54. The fraction of sp³-hybridized carbons (Fsp3) is 0.833. The molecule has 4 nitrogen and oxygen atoms in total. The quantitative estimate of drug-likeness (QED) is 0.535. The Balaban J connectivity index is 3.80. The molecular weight excluding hydrogens is 145 g/mol. The molecule has 0 aliphatic rings. The number of rotatable bonds is 5. The second-order valence-electron chi connectivity index (χ2n) is 2.70. The zero-order valence-electron chi connectivity index (χ0n) is 7.13. The lowest BCUT2D eigenvalue weighted by Crippen LogP contribution is -2.43. The Labute approximate surface area is 67.2 Å². The number of hydrogen-bond donors (Lipinski definition) is 2. The van der Waals surface area contributed by atoms with Crippen LogP contribution in [-0.4, -0.2) is 31.8 Å². The molecule has 5 heteroatoms. The molecular formula is C6H14BNO3. The molecule has 0 aliphatic carbocycles. The average molecular weight is 159 g/mol. The fourth-order valence-corrected chi connectivity index (χ4v) is 0.781. The van der Waals surface area contributed by atoms with Gasteiger partial charge in [-0.15, -0.1) is 0 Å². The van der Waals surface area contributed by atoms with Crippen LogP contribution in [-0.2, 0) is 9.45 Å². The Morgan fingerprint density at radius 1 is 1.64 bits per heavy atom. The van der Waals surface area contributed by atoms with E-state index in [4.69, 9.17) is 9.76 Å². The minimum absolute atomic E-state index is 0.0719. The van der Waals surface area contributed by atoms with Gasteiger partial charge in [-0.05, 0) is 5.92 Å². The van der Waals surface area contributed by atoms with Gasteiger partial charge < -0.3 is 15.0 Å². The molecule has 0 aromatic rings. The van der Waals surface area contributed by atoms with E-state index in [9.17, 15) is 4.79 Å². The maximum absolute atomic E-state index is 10.5. The molecule has 0 aliphatic heterocycles. The molecule has 0 spiro atoms. The molecule has 0 radical (unpaired) electrons. The van der Waals surface area contributed by atoms with Gasteiger partial charge in [-0.3, -0.25) is 4.79 Å². The van der Waals surface area contributed by atoms with Crippen molar-refractivity contribution in [2.75, 3.05) is 7.11 Å². The Kier molecular flexibility index (Phi) is 4.90. The number of nitrogens with one attached hydrogen (secondary N) is 1. The van der Waals surface area contributed by atoms with Crippen molar-refractivity contribution >= 4 is 13.6 Å². The number of carboxylic acids is 1. The van der Waals surface area contributed by atoms with Crippen molar-refractivity contribution in [3.63, 3.8) is 0 Å². The van der Waals surface area contributed by atoms with Gasteiger partial charge in [0.2, 0.25) is 0 Å². The average Bonchev–Trinajstić information content (AvgIpc) is 1.87. The zero-order chi connectivity index (χ0) is 8.85. The van der Waals surface area contributed by atoms with Crippen LogP contribution in [0.25, 0.3) is 0 Å². The minimum Gasteiger partial charge on any atom is -0.480 e. The van der Waals surface area contributed by atoms with Crippen molar-refractivity contribution in [1.82, 2.24) is 5.23 Å². The van der Waals surface area contributed by atoms with Gasteiger partial charge in [0.15, 0.2) is 0 Å². The van der Waals surface area contributed by atoms with Crippen LogP contribution < -0.4 is 5.23 Å². The highest BCUT2D eigenvalue weighted by molar-refractivity contribution is 6.24. The van der Waals surface area contributed by atoms with Gasteiger partial charge in [0.05, 0.1) is 6.04 Å². The molecule has 2 N–H and O–H groups in total. The van der Waals surface area contributed by atoms with Crippen LogP contribution in [0.5, 0.6) is 0 Å². The van der Waals surface area contributed by atoms with E-state index in [1.165, 1.54) is 7.11 Å². The van der Waals surface area contributed by atoms with E-state index < -0.39 is 12.0 Å². The molecule has 11 heavy (non-hydrogen) atoms. The Morgan fingerprint density at radius 2 is 2.18 bits per heavy atom. The zero-order valence-corrected chi connectivity index (χ0v) is 7.13. The molecule has 0 saturated heterocycles. The smallest absolute Gasteiger partial charge is 0.361 e. The summed E-state index contributed by atoms with van der Waals surface area (Å²) in [6, 6.07) is -0.519. The van der Waals surface area contributed by atoms with Crippen LogP contribution in [0.15, 0.2) is 0 Å². The van der Waals surface area contributed by atoms with E-state index >= 15 is 0 Å². The van der Waals surface area contributed by atoms with Crippen LogP contribution in [0.4, 0.5) is 0 Å². The highest BCUT2D eigenvalue weighted by Crippen LogP contribution is 2.00. The fourth-order valence-electron chi connectivity index (χ4n) is 0.781. The summed E-state index contributed by atoms with van der Waals surface area (Å²) in [6.07, 6.45) is 0. The molecule has 0 fully saturated rings. The molecule has 0 aromatic carbocycles. The van der Waals surface area contributed by atoms with Crippen molar-refractivity contribution in [3.05, 3.63) is 0 Å². The molecule has 1 atom stereocenters. The van der Waals surface area contributed by atoms with Gasteiger partial charge in [-0.1, -0.05) is 13.8 Å². The standard InChI is InChI=1S/C6H14BNO3/c1-4(2)5(6(9)10)8-7-11-3/h4-5,7-8H,1-3H3,(H,9,10)/t5-/m1/s1.